The molecule has 5 fully saturated rings. The Labute approximate surface area is 391 Å². The van der Waals surface area contributed by atoms with E-state index in [1.807, 2.05) is 48.7 Å². The van der Waals surface area contributed by atoms with Crippen molar-refractivity contribution in [3.63, 3.8) is 0 Å². The van der Waals surface area contributed by atoms with Crippen LogP contribution in [-0.2, 0) is 35.2 Å². The van der Waals surface area contributed by atoms with Crippen LogP contribution in [0.2, 0.25) is 5.02 Å². The molecule has 2 spiro atoms. The maximum Gasteiger partial charge on any atom is 0.329 e. The van der Waals surface area contributed by atoms with Crippen molar-refractivity contribution in [2.75, 3.05) is 44.2 Å². The highest BCUT2D eigenvalue weighted by molar-refractivity contribution is 6.30. The lowest BCUT2D eigenvalue weighted by Gasteiger charge is -2.57. The van der Waals surface area contributed by atoms with Gasteiger partial charge in [-0.2, -0.15) is 5.26 Å². The number of amides is 2. The number of nitriles is 1. The zero-order chi connectivity index (χ0) is 45.8. The smallest absolute Gasteiger partial charge is 0.329 e. The van der Waals surface area contributed by atoms with E-state index in [2.05, 4.69) is 63.1 Å². The van der Waals surface area contributed by atoms with E-state index in [0.29, 0.717) is 40.5 Å². The molecular formula is C52H60ClN9O4. The summed E-state index contributed by atoms with van der Waals surface area (Å²) in [7, 11) is 1.79. The molecule has 1 atom stereocenters. The molecule has 3 aromatic carbocycles. The third-order valence-corrected chi connectivity index (χ3v) is 16.5. The number of para-hydroxylation sites is 1. The van der Waals surface area contributed by atoms with Gasteiger partial charge < -0.3 is 14.5 Å². The number of piperidine rings is 4. The molecule has 14 heteroatoms. The SMILES string of the molecule is Cn1c(=O)n(C2CCC(=O)NC2=O)c2cccc(CN3CCC4(CC3)CC(N3CCC5(CCN(c6nccc(COc7ccc(C(C)(C)c8cc(Cl)cc(C#N)c8)cc7)n6)CC5)CC3)C4)c21. The highest BCUT2D eigenvalue weighted by Gasteiger charge is 2.49. The summed E-state index contributed by atoms with van der Waals surface area (Å²) < 4.78 is 9.46. The first kappa shape index (κ1) is 44.3. The molecule has 0 bridgehead atoms. The van der Waals surface area contributed by atoms with E-state index >= 15 is 0 Å². The third kappa shape index (κ3) is 8.52. The molecule has 66 heavy (non-hydrogen) atoms. The van der Waals surface area contributed by atoms with Crippen LogP contribution in [0.4, 0.5) is 5.95 Å². The first-order valence-electron chi connectivity index (χ1n) is 23.8. The molecule has 1 aliphatic carbocycles. The number of halogens is 1. The van der Waals surface area contributed by atoms with Gasteiger partial charge in [0.15, 0.2) is 0 Å². The number of ether oxygens (including phenoxy) is 1. The van der Waals surface area contributed by atoms with Crippen molar-refractivity contribution < 1.29 is 14.3 Å². The van der Waals surface area contributed by atoms with E-state index < -0.39 is 11.9 Å². The largest absolute Gasteiger partial charge is 0.487 e. The number of carbonyl (C=O) groups is 2. The summed E-state index contributed by atoms with van der Waals surface area (Å²) in [4.78, 5) is 55.3. The molecule has 5 aliphatic rings. The maximum absolute atomic E-state index is 13.5. The van der Waals surface area contributed by atoms with Gasteiger partial charge in [-0.05, 0) is 154 Å². The number of fused-ring (bicyclic) bond motifs is 1. The number of aromatic nitrogens is 4. The second kappa shape index (κ2) is 17.6. The van der Waals surface area contributed by atoms with E-state index in [1.54, 1.807) is 22.2 Å². The number of nitrogens with one attached hydrogen (secondary N) is 1. The van der Waals surface area contributed by atoms with Crippen LogP contribution < -0.4 is 20.6 Å². The molecule has 1 saturated carbocycles. The van der Waals surface area contributed by atoms with Crippen LogP contribution in [0, 0.1) is 22.2 Å². The number of hydrogen-bond donors (Lipinski definition) is 1. The number of hydrogen-bond acceptors (Lipinski definition) is 10. The lowest BCUT2D eigenvalue weighted by Crippen LogP contribution is -2.57. The summed E-state index contributed by atoms with van der Waals surface area (Å²) in [6, 6.07) is 23.8. The van der Waals surface area contributed by atoms with E-state index in [1.165, 1.54) is 64.5 Å². The fourth-order valence-electron chi connectivity index (χ4n) is 11.9. The quantitative estimate of drug-likeness (QED) is 0.139. The highest BCUT2D eigenvalue weighted by atomic mass is 35.5. The van der Waals surface area contributed by atoms with Crippen LogP contribution >= 0.6 is 11.6 Å². The van der Waals surface area contributed by atoms with Crippen LogP contribution in [0.25, 0.3) is 11.0 Å². The first-order valence-corrected chi connectivity index (χ1v) is 24.2. The number of aryl methyl sites for hydroxylation is 1. The molecule has 5 aromatic rings. The van der Waals surface area contributed by atoms with Crippen molar-refractivity contribution >= 4 is 40.4 Å². The van der Waals surface area contributed by atoms with Gasteiger partial charge in [-0.3, -0.25) is 28.9 Å². The van der Waals surface area contributed by atoms with Crippen molar-refractivity contribution in [3.8, 4) is 11.8 Å². The summed E-state index contributed by atoms with van der Waals surface area (Å²) in [5.74, 6) is 0.876. The van der Waals surface area contributed by atoms with E-state index in [9.17, 15) is 19.6 Å². The van der Waals surface area contributed by atoms with Crippen LogP contribution in [0.15, 0.2) is 77.7 Å². The Morgan fingerprint density at radius 1 is 0.879 bits per heavy atom. The second-order valence-corrected chi connectivity index (χ2v) is 20.9. The fraction of sp³-hybridized carbons (Fsp3) is 0.500. The predicted octanol–water partition coefficient (Wildman–Crippen LogP) is 7.66. The van der Waals surface area contributed by atoms with Crippen molar-refractivity contribution in [3.05, 3.63) is 116 Å². The van der Waals surface area contributed by atoms with Gasteiger partial charge >= 0.3 is 5.69 Å². The Morgan fingerprint density at radius 3 is 2.30 bits per heavy atom. The van der Waals surface area contributed by atoms with Gasteiger partial charge in [0.2, 0.25) is 17.8 Å². The Morgan fingerprint density at radius 2 is 1.59 bits per heavy atom. The summed E-state index contributed by atoms with van der Waals surface area (Å²) >= 11 is 6.33. The number of likely N-dealkylation sites (tertiary alicyclic amines) is 2. The Hall–Kier alpha value is -5.55. The number of anilines is 1. The van der Waals surface area contributed by atoms with Gasteiger partial charge in [0, 0.05) is 55.8 Å². The summed E-state index contributed by atoms with van der Waals surface area (Å²) in [5, 5.41) is 12.4. The molecule has 2 aromatic heterocycles. The van der Waals surface area contributed by atoms with Crippen LogP contribution in [0.3, 0.4) is 0 Å². The zero-order valence-corrected chi connectivity index (χ0v) is 39.2. The molecule has 10 rings (SSSR count). The predicted molar refractivity (Wildman–Crippen MR) is 254 cm³/mol. The number of benzene rings is 3. The van der Waals surface area contributed by atoms with Crippen LogP contribution in [-0.4, -0.2) is 86.0 Å². The Balaban J connectivity index is 0.672. The third-order valence-electron chi connectivity index (χ3n) is 16.2. The van der Waals surface area contributed by atoms with Crippen molar-refractivity contribution in [1.29, 1.82) is 5.26 Å². The minimum Gasteiger partial charge on any atom is -0.487 e. The van der Waals surface area contributed by atoms with Crippen LogP contribution in [0.5, 0.6) is 5.75 Å². The van der Waals surface area contributed by atoms with Gasteiger partial charge in [0.1, 0.15) is 18.4 Å². The number of imidazole rings is 1. The van der Waals surface area contributed by atoms with E-state index in [0.717, 1.165) is 77.8 Å². The van der Waals surface area contributed by atoms with Gasteiger partial charge in [0.25, 0.3) is 0 Å². The molecule has 344 valence electrons. The topological polar surface area (TPSA) is 142 Å². The minimum atomic E-state index is -0.674. The lowest BCUT2D eigenvalue weighted by molar-refractivity contribution is -0.135. The summed E-state index contributed by atoms with van der Waals surface area (Å²) in [5.41, 5.74) is 6.53. The first-order chi connectivity index (χ1) is 31.8. The zero-order valence-electron chi connectivity index (χ0n) is 38.4. The fourth-order valence-corrected chi connectivity index (χ4v) is 12.1. The molecule has 1 N–H and O–H groups in total. The highest BCUT2D eigenvalue weighted by Crippen LogP contribution is 2.53. The standard InChI is InChI=1S/C52H60ClN9O4/c1-50(2,38-27-35(32-54)28-39(53)29-38)37-7-9-42(10-8-37)66-34-40-13-20-55-48(56-40)61-25-18-51(19-26-61)16-23-60(24-17-51)41-30-52(31-41)14-21-59(22-15-52)33-36-5-4-6-43-46(36)58(3)49(65)62(43)44-11-12-45(63)57-47(44)64/h4-10,13,20,27-29,41,44H,11-12,14-19,21-26,30-31,33-34H2,1-3H3,(H,57,63,64). The molecule has 6 heterocycles. The normalized spacial score (nSPS) is 21.5. The molecule has 13 nitrogen and oxygen atoms in total. The number of carbonyl (C=O) groups excluding carboxylic acids is 2. The van der Waals surface area contributed by atoms with Crippen molar-refractivity contribution in [2.45, 2.75) is 109 Å². The molecule has 1 unspecified atom stereocenters. The van der Waals surface area contributed by atoms with Gasteiger partial charge in [0.05, 0.1) is 28.4 Å². The van der Waals surface area contributed by atoms with Gasteiger partial charge in [-0.15, -0.1) is 0 Å². The number of rotatable bonds is 10. The molecular weight excluding hydrogens is 850 g/mol. The van der Waals surface area contributed by atoms with Crippen molar-refractivity contribution in [2.24, 2.45) is 17.9 Å². The molecule has 0 radical (unpaired) electrons. The summed E-state index contributed by atoms with van der Waals surface area (Å²) in [6.07, 6.45) is 12.3. The monoisotopic (exact) mass is 909 g/mol. The number of imide groups is 1. The minimum absolute atomic E-state index is 0.216. The maximum atomic E-state index is 13.5. The average molecular weight is 911 g/mol. The molecule has 2 amide bonds. The van der Waals surface area contributed by atoms with E-state index in [4.69, 9.17) is 21.3 Å². The Kier molecular flexibility index (Phi) is 11.8. The lowest BCUT2D eigenvalue weighted by atomic mass is 9.59. The number of nitrogens with zero attached hydrogens (tertiary/aromatic N) is 8. The van der Waals surface area contributed by atoms with E-state index in [-0.39, 0.29) is 23.4 Å². The van der Waals surface area contributed by atoms with Crippen LogP contribution in [0.1, 0.15) is 112 Å². The molecule has 4 aliphatic heterocycles. The van der Waals surface area contributed by atoms with Crippen molar-refractivity contribution in [1.82, 2.24) is 34.2 Å². The second-order valence-electron chi connectivity index (χ2n) is 20.5. The van der Waals surface area contributed by atoms with Gasteiger partial charge in [-0.1, -0.05) is 49.7 Å². The summed E-state index contributed by atoms with van der Waals surface area (Å²) in [6.45, 7) is 11.8. The molecule has 4 saturated heterocycles. The van der Waals surface area contributed by atoms with Gasteiger partial charge in [-0.25, -0.2) is 14.8 Å². The average Bonchev–Trinajstić information content (AvgIpc) is 3.57. The Bertz CT molecular complexity index is 2740.